The molecule has 0 fully saturated rings. The number of methoxy groups -OCH3 is 1. The van der Waals surface area contributed by atoms with Gasteiger partial charge in [-0.2, -0.15) is 0 Å². The highest BCUT2D eigenvalue weighted by Crippen LogP contribution is 2.18. The number of unbranched alkanes of at least 4 members (excludes halogenated alkanes) is 4. The van der Waals surface area contributed by atoms with Crippen molar-refractivity contribution in [1.29, 1.82) is 0 Å². The topological polar surface area (TPSA) is 38.3 Å². The van der Waals surface area contributed by atoms with E-state index in [9.17, 15) is 4.79 Å². The Bertz CT molecular complexity index is 216. The number of carbonyl (C=O) groups is 1. The van der Waals surface area contributed by atoms with Crippen LogP contribution in [0.3, 0.4) is 0 Å². The second-order valence-corrected chi connectivity index (χ2v) is 5.29. The van der Waals surface area contributed by atoms with E-state index >= 15 is 0 Å². The smallest absolute Gasteiger partial charge is 0.325 e. The largest absolute Gasteiger partial charge is 0.468 e. The van der Waals surface area contributed by atoms with Crippen molar-refractivity contribution in [3.63, 3.8) is 0 Å². The van der Waals surface area contributed by atoms with Crippen molar-refractivity contribution in [2.24, 2.45) is 0 Å². The van der Waals surface area contributed by atoms with Crippen LogP contribution in [0.15, 0.2) is 0 Å². The van der Waals surface area contributed by atoms with Crippen LogP contribution < -0.4 is 5.32 Å². The highest BCUT2D eigenvalue weighted by atomic mass is 16.5. The van der Waals surface area contributed by atoms with Crippen LogP contribution in [-0.2, 0) is 9.53 Å². The molecule has 0 spiro atoms. The Kier molecular flexibility index (Phi) is 8.23. The maximum atomic E-state index is 11.8. The van der Waals surface area contributed by atoms with Gasteiger partial charge in [-0.25, -0.2) is 0 Å². The van der Waals surface area contributed by atoms with Gasteiger partial charge < -0.3 is 4.74 Å². The Labute approximate surface area is 106 Å². The Morgan fingerprint density at radius 1 is 1.24 bits per heavy atom. The van der Waals surface area contributed by atoms with Crippen LogP contribution in [0, 0.1) is 0 Å². The molecule has 1 atom stereocenters. The molecular weight excluding hydrogens is 214 g/mol. The fourth-order valence-electron chi connectivity index (χ4n) is 2.18. The van der Waals surface area contributed by atoms with E-state index in [1.165, 1.54) is 32.8 Å². The van der Waals surface area contributed by atoms with E-state index < -0.39 is 5.54 Å². The number of nitrogens with one attached hydrogen (secondary N) is 1. The predicted molar refractivity (Wildman–Crippen MR) is 72.1 cm³/mol. The standard InChI is InChI=1S/C14H29NO2/c1-6-7-8-9-10-11-14(4,13(16)17-5)15-12(2)3/h12,15H,6-11H2,1-5H3. The Morgan fingerprint density at radius 3 is 2.29 bits per heavy atom. The monoisotopic (exact) mass is 243 g/mol. The van der Waals surface area contributed by atoms with E-state index in [1.807, 2.05) is 6.92 Å². The number of esters is 1. The van der Waals surface area contributed by atoms with Gasteiger partial charge in [-0.3, -0.25) is 10.1 Å². The summed E-state index contributed by atoms with van der Waals surface area (Å²) in [6.07, 6.45) is 6.91. The summed E-state index contributed by atoms with van der Waals surface area (Å²) < 4.78 is 4.89. The summed E-state index contributed by atoms with van der Waals surface area (Å²) in [4.78, 5) is 11.8. The maximum Gasteiger partial charge on any atom is 0.325 e. The molecule has 0 aromatic heterocycles. The molecule has 102 valence electrons. The molecular formula is C14H29NO2. The minimum atomic E-state index is -0.533. The maximum absolute atomic E-state index is 11.8. The molecule has 0 aliphatic rings. The fraction of sp³-hybridized carbons (Fsp3) is 0.929. The minimum Gasteiger partial charge on any atom is -0.468 e. The molecule has 1 N–H and O–H groups in total. The lowest BCUT2D eigenvalue weighted by atomic mass is 9.93. The molecule has 0 bridgehead atoms. The van der Waals surface area contributed by atoms with Crippen LogP contribution in [0.25, 0.3) is 0 Å². The number of rotatable bonds is 9. The van der Waals surface area contributed by atoms with Crippen molar-refractivity contribution in [3.05, 3.63) is 0 Å². The third-order valence-corrected chi connectivity index (χ3v) is 3.02. The van der Waals surface area contributed by atoms with Gasteiger partial charge >= 0.3 is 5.97 Å². The SMILES string of the molecule is CCCCCCCC(C)(NC(C)C)C(=O)OC. The molecule has 0 saturated carbocycles. The summed E-state index contributed by atoms with van der Waals surface area (Å²) in [5, 5.41) is 3.32. The van der Waals surface area contributed by atoms with Gasteiger partial charge in [0.2, 0.25) is 0 Å². The van der Waals surface area contributed by atoms with Gasteiger partial charge in [0.25, 0.3) is 0 Å². The third kappa shape index (κ3) is 6.67. The average molecular weight is 243 g/mol. The van der Waals surface area contributed by atoms with Gasteiger partial charge in [0, 0.05) is 6.04 Å². The quantitative estimate of drug-likeness (QED) is 0.499. The first kappa shape index (κ1) is 16.4. The molecule has 0 radical (unpaired) electrons. The van der Waals surface area contributed by atoms with Gasteiger partial charge in [-0.1, -0.05) is 39.0 Å². The molecule has 0 saturated heterocycles. The third-order valence-electron chi connectivity index (χ3n) is 3.02. The molecule has 0 aromatic rings. The van der Waals surface area contributed by atoms with Crippen molar-refractivity contribution in [2.45, 2.75) is 77.8 Å². The zero-order valence-corrected chi connectivity index (χ0v) is 12.1. The van der Waals surface area contributed by atoms with Crippen molar-refractivity contribution >= 4 is 5.97 Å². The number of hydrogen-bond donors (Lipinski definition) is 1. The first-order valence-electron chi connectivity index (χ1n) is 6.82. The van der Waals surface area contributed by atoms with Gasteiger partial charge in [-0.05, 0) is 27.2 Å². The molecule has 0 rings (SSSR count). The van der Waals surface area contributed by atoms with Crippen LogP contribution in [0.1, 0.15) is 66.2 Å². The highest BCUT2D eigenvalue weighted by Gasteiger charge is 2.33. The molecule has 0 heterocycles. The highest BCUT2D eigenvalue weighted by molar-refractivity contribution is 5.80. The lowest BCUT2D eigenvalue weighted by Gasteiger charge is -2.30. The van der Waals surface area contributed by atoms with E-state index in [4.69, 9.17) is 4.74 Å². The zero-order chi connectivity index (χ0) is 13.3. The number of hydrogen-bond acceptors (Lipinski definition) is 3. The molecule has 0 amide bonds. The summed E-state index contributed by atoms with van der Waals surface area (Å²) in [6.45, 7) is 8.26. The number of ether oxygens (including phenoxy) is 1. The second-order valence-electron chi connectivity index (χ2n) is 5.29. The van der Waals surface area contributed by atoms with Crippen molar-refractivity contribution in [3.8, 4) is 0 Å². The van der Waals surface area contributed by atoms with Crippen molar-refractivity contribution in [1.82, 2.24) is 5.32 Å². The summed E-state index contributed by atoms with van der Waals surface area (Å²) >= 11 is 0. The first-order chi connectivity index (χ1) is 7.96. The molecule has 0 aliphatic heterocycles. The van der Waals surface area contributed by atoms with Gasteiger partial charge in [0.05, 0.1) is 7.11 Å². The second kappa shape index (κ2) is 8.51. The molecule has 1 unspecified atom stereocenters. The van der Waals surface area contributed by atoms with E-state index in [2.05, 4.69) is 26.1 Å². The average Bonchev–Trinajstić information content (AvgIpc) is 2.26. The fourth-order valence-corrected chi connectivity index (χ4v) is 2.18. The Hall–Kier alpha value is -0.570. The van der Waals surface area contributed by atoms with Crippen molar-refractivity contribution < 1.29 is 9.53 Å². The summed E-state index contributed by atoms with van der Waals surface area (Å²) in [5.74, 6) is -0.151. The van der Waals surface area contributed by atoms with Crippen LogP contribution in [0.2, 0.25) is 0 Å². The molecule has 0 aromatic carbocycles. The van der Waals surface area contributed by atoms with Gasteiger partial charge in [-0.15, -0.1) is 0 Å². The Balaban J connectivity index is 4.15. The van der Waals surface area contributed by atoms with E-state index in [1.54, 1.807) is 0 Å². The molecule has 0 aliphatic carbocycles. The van der Waals surface area contributed by atoms with Gasteiger partial charge in [0.1, 0.15) is 5.54 Å². The van der Waals surface area contributed by atoms with E-state index in [0.29, 0.717) is 0 Å². The minimum absolute atomic E-state index is 0.151. The number of carbonyl (C=O) groups excluding carboxylic acids is 1. The molecule has 3 nitrogen and oxygen atoms in total. The Morgan fingerprint density at radius 2 is 1.82 bits per heavy atom. The lowest BCUT2D eigenvalue weighted by Crippen LogP contribution is -2.52. The van der Waals surface area contributed by atoms with Crippen LogP contribution in [-0.4, -0.2) is 24.7 Å². The summed E-state index contributed by atoms with van der Waals surface area (Å²) in [6, 6.07) is 0.287. The summed E-state index contributed by atoms with van der Waals surface area (Å²) in [7, 11) is 1.46. The van der Waals surface area contributed by atoms with Crippen LogP contribution >= 0.6 is 0 Å². The normalized spacial score (nSPS) is 14.7. The van der Waals surface area contributed by atoms with Crippen LogP contribution in [0.5, 0.6) is 0 Å². The molecule has 3 heteroatoms. The lowest BCUT2D eigenvalue weighted by molar-refractivity contribution is -0.148. The predicted octanol–water partition coefficient (Wildman–Crippen LogP) is 3.28. The first-order valence-corrected chi connectivity index (χ1v) is 6.82. The van der Waals surface area contributed by atoms with Gasteiger partial charge in [0.15, 0.2) is 0 Å². The summed E-state index contributed by atoms with van der Waals surface area (Å²) in [5.41, 5.74) is -0.533. The van der Waals surface area contributed by atoms with Crippen molar-refractivity contribution in [2.75, 3.05) is 7.11 Å². The van der Waals surface area contributed by atoms with E-state index in [0.717, 1.165) is 12.8 Å². The van der Waals surface area contributed by atoms with E-state index in [-0.39, 0.29) is 12.0 Å². The zero-order valence-electron chi connectivity index (χ0n) is 12.1. The molecule has 17 heavy (non-hydrogen) atoms. The van der Waals surface area contributed by atoms with Crippen LogP contribution in [0.4, 0.5) is 0 Å².